The summed E-state index contributed by atoms with van der Waals surface area (Å²) in [5.41, 5.74) is 3.42. The summed E-state index contributed by atoms with van der Waals surface area (Å²) in [5.74, 6) is -0.720. The Labute approximate surface area is 188 Å². The smallest absolute Gasteiger partial charge is 0.140 e. The lowest BCUT2D eigenvalue weighted by Crippen LogP contribution is -2.37. The Balaban J connectivity index is 1.75. The van der Waals surface area contributed by atoms with Crippen LogP contribution in [-0.4, -0.2) is 38.4 Å². The molecule has 0 aromatic heterocycles. The number of hydrogen-bond acceptors (Lipinski definition) is 5. The minimum Gasteiger partial charge on any atom is -0.456 e. The third kappa shape index (κ3) is 4.78. The van der Waals surface area contributed by atoms with Gasteiger partial charge in [0.1, 0.15) is 23.1 Å². The van der Waals surface area contributed by atoms with Gasteiger partial charge < -0.3 is 25.7 Å². The first-order chi connectivity index (χ1) is 15.5. The van der Waals surface area contributed by atoms with Crippen LogP contribution in [0.15, 0.2) is 36.5 Å². The van der Waals surface area contributed by atoms with E-state index in [4.69, 9.17) is 10.1 Å². The van der Waals surface area contributed by atoms with Crippen molar-refractivity contribution in [1.29, 1.82) is 5.41 Å². The standard InChI is InChI=1S/C25H30F2N4O/c1-16-3-4-23-24(31(16)2)6-5-22(17(14-28)15-30-20-7-9-29-10-8-20)25(23)32-21-12-18(26)11-19(27)13-21/h5-6,11-16,20,28-30H,3-4,7-10H2,1-2H3/b17-15+,28-14?. The summed E-state index contributed by atoms with van der Waals surface area (Å²) < 4.78 is 33.8. The van der Waals surface area contributed by atoms with E-state index in [0.29, 0.717) is 23.4 Å². The second-order valence-electron chi connectivity index (χ2n) is 8.58. The molecule has 0 saturated carbocycles. The average molecular weight is 441 g/mol. The minimum atomic E-state index is -0.688. The molecule has 2 aromatic rings. The molecule has 1 fully saturated rings. The van der Waals surface area contributed by atoms with Crippen molar-refractivity contribution in [2.75, 3.05) is 25.0 Å². The third-order valence-electron chi connectivity index (χ3n) is 6.43. The predicted molar refractivity (Wildman–Crippen MR) is 125 cm³/mol. The molecule has 0 bridgehead atoms. The molecule has 170 valence electrons. The molecule has 0 radical (unpaired) electrons. The second-order valence-corrected chi connectivity index (χ2v) is 8.58. The second kappa shape index (κ2) is 9.69. The molecule has 2 aliphatic rings. The molecule has 2 heterocycles. The fraction of sp³-hybridized carbons (Fsp3) is 0.400. The van der Waals surface area contributed by atoms with Gasteiger partial charge in [-0.15, -0.1) is 0 Å². The Morgan fingerprint density at radius 2 is 1.88 bits per heavy atom. The van der Waals surface area contributed by atoms with Crippen LogP contribution in [0.4, 0.5) is 14.5 Å². The number of rotatable bonds is 6. The Kier molecular flexibility index (Phi) is 6.74. The number of anilines is 1. The number of benzene rings is 2. The molecule has 0 aliphatic carbocycles. The number of nitrogens with zero attached hydrogens (tertiary/aromatic N) is 1. The van der Waals surface area contributed by atoms with Crippen LogP contribution in [-0.2, 0) is 6.42 Å². The molecule has 1 unspecified atom stereocenters. The highest BCUT2D eigenvalue weighted by atomic mass is 19.1. The van der Waals surface area contributed by atoms with Gasteiger partial charge in [-0.3, -0.25) is 0 Å². The summed E-state index contributed by atoms with van der Waals surface area (Å²) in [5, 5.41) is 14.8. The van der Waals surface area contributed by atoms with Gasteiger partial charge in [0, 0.05) is 72.1 Å². The fourth-order valence-electron chi connectivity index (χ4n) is 4.42. The zero-order valence-corrected chi connectivity index (χ0v) is 18.6. The first-order valence-electron chi connectivity index (χ1n) is 11.2. The zero-order chi connectivity index (χ0) is 22.7. The SMILES string of the molecule is CC1CCc2c(ccc(/C(C=N)=C/NC3CCNCC3)c2Oc2cc(F)cc(F)c2)N1C. The summed E-state index contributed by atoms with van der Waals surface area (Å²) in [6, 6.07) is 7.89. The molecule has 7 heteroatoms. The number of halogens is 2. The van der Waals surface area contributed by atoms with E-state index in [1.165, 1.54) is 18.3 Å². The van der Waals surface area contributed by atoms with Crippen molar-refractivity contribution in [1.82, 2.24) is 10.6 Å². The van der Waals surface area contributed by atoms with Gasteiger partial charge in [-0.05, 0) is 57.8 Å². The van der Waals surface area contributed by atoms with Crippen LogP contribution in [0.25, 0.3) is 5.57 Å². The fourth-order valence-corrected chi connectivity index (χ4v) is 4.42. The van der Waals surface area contributed by atoms with E-state index in [-0.39, 0.29) is 5.75 Å². The lowest BCUT2D eigenvalue weighted by atomic mass is 9.92. The molecular formula is C25H30F2N4O. The van der Waals surface area contributed by atoms with Gasteiger partial charge >= 0.3 is 0 Å². The molecule has 4 rings (SSSR count). The van der Waals surface area contributed by atoms with E-state index in [0.717, 1.165) is 61.7 Å². The van der Waals surface area contributed by atoms with Crippen molar-refractivity contribution in [3.8, 4) is 11.5 Å². The molecule has 32 heavy (non-hydrogen) atoms. The highest BCUT2D eigenvalue weighted by Gasteiger charge is 2.26. The van der Waals surface area contributed by atoms with Gasteiger partial charge in [0.2, 0.25) is 0 Å². The number of fused-ring (bicyclic) bond motifs is 1. The first-order valence-corrected chi connectivity index (χ1v) is 11.2. The van der Waals surface area contributed by atoms with Crippen LogP contribution in [0.5, 0.6) is 11.5 Å². The molecule has 1 saturated heterocycles. The van der Waals surface area contributed by atoms with Gasteiger partial charge in [0.15, 0.2) is 0 Å². The van der Waals surface area contributed by atoms with E-state index in [9.17, 15) is 8.78 Å². The maximum atomic E-state index is 13.8. The number of hydrogen-bond donors (Lipinski definition) is 3. The monoisotopic (exact) mass is 440 g/mol. The lowest BCUT2D eigenvalue weighted by molar-refractivity contribution is 0.420. The molecular weight excluding hydrogens is 410 g/mol. The van der Waals surface area contributed by atoms with Crippen molar-refractivity contribution >= 4 is 17.5 Å². The number of allylic oxidation sites excluding steroid dienone is 1. The van der Waals surface area contributed by atoms with Crippen LogP contribution in [0.2, 0.25) is 0 Å². The van der Waals surface area contributed by atoms with Crippen LogP contribution >= 0.6 is 0 Å². The summed E-state index contributed by atoms with van der Waals surface area (Å²) >= 11 is 0. The number of ether oxygens (including phenoxy) is 1. The van der Waals surface area contributed by atoms with E-state index in [2.05, 4.69) is 22.5 Å². The molecule has 2 aromatic carbocycles. The van der Waals surface area contributed by atoms with Gasteiger partial charge in [-0.1, -0.05) is 0 Å². The summed E-state index contributed by atoms with van der Waals surface area (Å²) in [6.07, 6.45) is 6.91. The Hall–Kier alpha value is -2.93. The van der Waals surface area contributed by atoms with E-state index in [1.807, 2.05) is 25.4 Å². The summed E-state index contributed by atoms with van der Waals surface area (Å²) in [4.78, 5) is 2.20. The maximum Gasteiger partial charge on any atom is 0.140 e. The van der Waals surface area contributed by atoms with Gasteiger partial charge in [0.25, 0.3) is 0 Å². The van der Waals surface area contributed by atoms with Crippen LogP contribution in [0.1, 0.15) is 37.3 Å². The van der Waals surface area contributed by atoms with Crippen LogP contribution in [0.3, 0.4) is 0 Å². The van der Waals surface area contributed by atoms with E-state index in [1.54, 1.807) is 0 Å². The predicted octanol–water partition coefficient (Wildman–Crippen LogP) is 4.86. The van der Waals surface area contributed by atoms with Gasteiger partial charge in [-0.25, -0.2) is 8.78 Å². The highest BCUT2D eigenvalue weighted by Crippen LogP contribution is 2.42. The summed E-state index contributed by atoms with van der Waals surface area (Å²) in [6.45, 7) is 4.10. The number of nitrogens with one attached hydrogen (secondary N) is 3. The normalized spacial score (nSPS) is 19.4. The quantitative estimate of drug-likeness (QED) is 0.562. The molecule has 2 aliphatic heterocycles. The first kappa shape index (κ1) is 22.3. The Morgan fingerprint density at radius 1 is 1.16 bits per heavy atom. The molecule has 1 atom stereocenters. The van der Waals surface area contributed by atoms with Crippen molar-refractivity contribution in [2.45, 2.75) is 44.7 Å². The number of piperidine rings is 1. The summed E-state index contributed by atoms with van der Waals surface area (Å²) in [7, 11) is 2.04. The van der Waals surface area contributed by atoms with Crippen LogP contribution < -0.4 is 20.3 Å². The largest absolute Gasteiger partial charge is 0.456 e. The molecule has 0 amide bonds. The Bertz CT molecular complexity index is 997. The van der Waals surface area contributed by atoms with E-state index >= 15 is 0 Å². The highest BCUT2D eigenvalue weighted by molar-refractivity contribution is 6.09. The molecule has 3 N–H and O–H groups in total. The maximum absolute atomic E-state index is 13.8. The average Bonchev–Trinajstić information content (AvgIpc) is 2.78. The third-order valence-corrected chi connectivity index (χ3v) is 6.43. The lowest BCUT2D eigenvalue weighted by Gasteiger charge is -2.35. The van der Waals surface area contributed by atoms with Crippen molar-refractivity contribution in [3.63, 3.8) is 0 Å². The van der Waals surface area contributed by atoms with Crippen LogP contribution in [0, 0.1) is 17.0 Å². The zero-order valence-electron chi connectivity index (χ0n) is 18.6. The minimum absolute atomic E-state index is 0.106. The van der Waals surface area contributed by atoms with Gasteiger partial charge in [-0.2, -0.15) is 0 Å². The Morgan fingerprint density at radius 3 is 2.56 bits per heavy atom. The molecule has 0 spiro atoms. The van der Waals surface area contributed by atoms with Crippen molar-refractivity contribution in [3.05, 3.63) is 59.3 Å². The topological polar surface area (TPSA) is 60.4 Å². The van der Waals surface area contributed by atoms with Gasteiger partial charge in [0.05, 0.1) is 0 Å². The van der Waals surface area contributed by atoms with Crippen molar-refractivity contribution < 1.29 is 13.5 Å². The van der Waals surface area contributed by atoms with Crippen molar-refractivity contribution in [2.24, 2.45) is 0 Å². The molecule has 5 nitrogen and oxygen atoms in total. The van der Waals surface area contributed by atoms with E-state index < -0.39 is 11.6 Å².